The molecule has 0 unspecified atom stereocenters. The summed E-state index contributed by atoms with van der Waals surface area (Å²) < 4.78 is 5.00. The number of aromatic nitrogens is 2. The first-order chi connectivity index (χ1) is 9.11. The third-order valence-corrected chi connectivity index (χ3v) is 3.19. The minimum Gasteiger partial charge on any atom is -0.467 e. The van der Waals surface area contributed by atoms with E-state index in [0.29, 0.717) is 16.9 Å². The van der Waals surface area contributed by atoms with Gasteiger partial charge in [0.05, 0.1) is 19.3 Å². The zero-order chi connectivity index (χ0) is 13.8. The number of benzene rings is 1. The van der Waals surface area contributed by atoms with Gasteiger partial charge in [-0.25, -0.2) is 4.98 Å². The fraction of sp³-hybridized carbons (Fsp3) is 0.286. The summed E-state index contributed by atoms with van der Waals surface area (Å²) >= 11 is 6.08. The number of nitrogens with zero attached hydrogens (tertiary/aromatic N) is 2. The van der Waals surface area contributed by atoms with E-state index in [1.54, 1.807) is 0 Å². The molecule has 0 saturated carbocycles. The Hall–Kier alpha value is -1.81. The van der Waals surface area contributed by atoms with Gasteiger partial charge in [0.25, 0.3) is 0 Å². The van der Waals surface area contributed by atoms with Gasteiger partial charge < -0.3 is 10.1 Å². The number of anilines is 1. The first-order valence-electron chi connectivity index (χ1n) is 6.00. The van der Waals surface area contributed by atoms with Gasteiger partial charge in [0.2, 0.25) is 0 Å². The summed E-state index contributed by atoms with van der Waals surface area (Å²) in [5.74, 6) is 0.573. The molecule has 1 N–H and O–H groups in total. The van der Waals surface area contributed by atoms with Crippen LogP contribution >= 0.6 is 11.6 Å². The third kappa shape index (κ3) is 3.15. The van der Waals surface area contributed by atoms with Gasteiger partial charge in [0.15, 0.2) is 5.82 Å². The second kappa shape index (κ2) is 5.89. The van der Waals surface area contributed by atoms with Gasteiger partial charge in [0.1, 0.15) is 5.02 Å². The summed E-state index contributed by atoms with van der Waals surface area (Å²) in [6.45, 7) is 4.14. The minimum atomic E-state index is 0.0957. The quantitative estimate of drug-likeness (QED) is 0.927. The van der Waals surface area contributed by atoms with Crippen molar-refractivity contribution in [2.75, 3.05) is 12.4 Å². The van der Waals surface area contributed by atoms with Crippen molar-refractivity contribution in [3.8, 4) is 6.01 Å². The van der Waals surface area contributed by atoms with Crippen LogP contribution in [0.15, 0.2) is 30.5 Å². The van der Waals surface area contributed by atoms with Crippen molar-refractivity contribution < 1.29 is 4.74 Å². The van der Waals surface area contributed by atoms with Crippen LogP contribution < -0.4 is 10.1 Å². The number of aryl methyl sites for hydroxylation is 1. The molecule has 2 rings (SSSR count). The predicted octanol–water partition coefficient (Wildman–Crippen LogP) is 3.62. The maximum atomic E-state index is 6.08. The highest BCUT2D eigenvalue weighted by Crippen LogP contribution is 2.26. The molecule has 0 aliphatic rings. The van der Waals surface area contributed by atoms with Crippen LogP contribution in [0.2, 0.25) is 5.02 Å². The molecule has 1 atom stereocenters. The van der Waals surface area contributed by atoms with Crippen LogP contribution in [0.5, 0.6) is 6.01 Å². The van der Waals surface area contributed by atoms with Gasteiger partial charge in [-0.1, -0.05) is 35.9 Å². The van der Waals surface area contributed by atoms with Crippen molar-refractivity contribution in [3.05, 3.63) is 46.6 Å². The summed E-state index contributed by atoms with van der Waals surface area (Å²) in [7, 11) is 1.53. The number of hydrogen-bond acceptors (Lipinski definition) is 4. The molecular formula is C14H16ClN3O. The normalized spacial score (nSPS) is 12.0. The highest BCUT2D eigenvalue weighted by atomic mass is 35.5. The lowest BCUT2D eigenvalue weighted by molar-refractivity contribution is 0.380. The van der Waals surface area contributed by atoms with Gasteiger partial charge in [0, 0.05) is 0 Å². The molecule has 0 spiro atoms. The van der Waals surface area contributed by atoms with Crippen molar-refractivity contribution >= 4 is 17.4 Å². The van der Waals surface area contributed by atoms with E-state index < -0.39 is 0 Å². The fourth-order valence-electron chi connectivity index (χ4n) is 1.91. The van der Waals surface area contributed by atoms with Crippen LogP contribution in [0.3, 0.4) is 0 Å². The van der Waals surface area contributed by atoms with Crippen molar-refractivity contribution in [1.82, 2.24) is 9.97 Å². The van der Waals surface area contributed by atoms with E-state index in [-0.39, 0.29) is 6.04 Å². The van der Waals surface area contributed by atoms with Gasteiger partial charge in [-0.3, -0.25) is 0 Å². The molecule has 1 aromatic heterocycles. The number of hydrogen-bond donors (Lipinski definition) is 1. The summed E-state index contributed by atoms with van der Waals surface area (Å²) in [6, 6.07) is 8.59. The molecule has 2 aromatic rings. The molecule has 0 aliphatic carbocycles. The second-order valence-corrected chi connectivity index (χ2v) is 4.68. The van der Waals surface area contributed by atoms with Crippen molar-refractivity contribution in [1.29, 1.82) is 0 Å². The van der Waals surface area contributed by atoms with Gasteiger partial charge in [-0.15, -0.1) is 0 Å². The molecule has 0 bridgehead atoms. The lowest BCUT2D eigenvalue weighted by Crippen LogP contribution is -2.10. The zero-order valence-electron chi connectivity index (χ0n) is 11.1. The van der Waals surface area contributed by atoms with Crippen LogP contribution in [-0.4, -0.2) is 17.1 Å². The topological polar surface area (TPSA) is 47.0 Å². The van der Waals surface area contributed by atoms with E-state index in [1.165, 1.54) is 24.4 Å². The monoisotopic (exact) mass is 277 g/mol. The average Bonchev–Trinajstić information content (AvgIpc) is 2.41. The molecule has 0 radical (unpaired) electrons. The molecule has 100 valence electrons. The number of methoxy groups -OCH3 is 1. The van der Waals surface area contributed by atoms with E-state index >= 15 is 0 Å². The Balaban J connectivity index is 2.24. The van der Waals surface area contributed by atoms with Crippen LogP contribution in [0.1, 0.15) is 24.1 Å². The van der Waals surface area contributed by atoms with E-state index in [2.05, 4.69) is 41.3 Å². The van der Waals surface area contributed by atoms with Crippen LogP contribution in [0, 0.1) is 6.92 Å². The zero-order valence-corrected chi connectivity index (χ0v) is 11.9. The van der Waals surface area contributed by atoms with Crippen molar-refractivity contribution in [2.45, 2.75) is 19.9 Å². The summed E-state index contributed by atoms with van der Waals surface area (Å²) in [5, 5.41) is 3.75. The number of ether oxygens (including phenoxy) is 1. The molecule has 0 fully saturated rings. The van der Waals surface area contributed by atoms with E-state index in [9.17, 15) is 0 Å². The SMILES string of the molecule is COc1ncc(Cl)c(N[C@H](C)c2ccccc2C)n1. The van der Waals surface area contributed by atoms with Crippen LogP contribution in [0.4, 0.5) is 5.82 Å². The lowest BCUT2D eigenvalue weighted by Gasteiger charge is -2.17. The van der Waals surface area contributed by atoms with Crippen LogP contribution in [-0.2, 0) is 0 Å². The molecule has 1 heterocycles. The van der Waals surface area contributed by atoms with Gasteiger partial charge in [-0.05, 0) is 25.0 Å². The Morgan fingerprint density at radius 3 is 2.74 bits per heavy atom. The maximum Gasteiger partial charge on any atom is 0.318 e. The Bertz CT molecular complexity index is 574. The van der Waals surface area contributed by atoms with Crippen LogP contribution in [0.25, 0.3) is 0 Å². The molecule has 0 aliphatic heterocycles. The largest absolute Gasteiger partial charge is 0.467 e. The molecular weight excluding hydrogens is 262 g/mol. The molecule has 4 nitrogen and oxygen atoms in total. The lowest BCUT2D eigenvalue weighted by atomic mass is 10.0. The Morgan fingerprint density at radius 1 is 1.32 bits per heavy atom. The molecule has 0 saturated heterocycles. The average molecular weight is 278 g/mol. The summed E-state index contributed by atoms with van der Waals surface area (Å²) in [6.07, 6.45) is 1.53. The van der Waals surface area contributed by atoms with Crippen molar-refractivity contribution in [3.63, 3.8) is 0 Å². The van der Waals surface area contributed by atoms with Gasteiger partial charge in [-0.2, -0.15) is 4.98 Å². The standard InChI is InChI=1S/C14H16ClN3O/c1-9-6-4-5-7-11(9)10(2)17-13-12(15)8-16-14(18-13)19-3/h4-8,10H,1-3H3,(H,16,17,18)/t10-/m1/s1. The fourth-order valence-corrected chi connectivity index (χ4v) is 2.05. The first kappa shape index (κ1) is 13.6. The number of rotatable bonds is 4. The highest BCUT2D eigenvalue weighted by molar-refractivity contribution is 6.32. The smallest absolute Gasteiger partial charge is 0.318 e. The molecule has 5 heteroatoms. The molecule has 1 aromatic carbocycles. The van der Waals surface area contributed by atoms with E-state index in [0.717, 1.165) is 0 Å². The van der Waals surface area contributed by atoms with Crippen molar-refractivity contribution in [2.24, 2.45) is 0 Å². The number of halogens is 1. The Kier molecular flexibility index (Phi) is 4.22. The van der Waals surface area contributed by atoms with E-state index in [1.807, 2.05) is 12.1 Å². The summed E-state index contributed by atoms with van der Waals surface area (Å²) in [5.41, 5.74) is 2.43. The van der Waals surface area contributed by atoms with E-state index in [4.69, 9.17) is 16.3 Å². The van der Waals surface area contributed by atoms with Gasteiger partial charge >= 0.3 is 6.01 Å². The minimum absolute atomic E-state index is 0.0957. The third-order valence-electron chi connectivity index (χ3n) is 2.91. The number of nitrogens with one attached hydrogen (secondary N) is 1. The summed E-state index contributed by atoms with van der Waals surface area (Å²) in [4.78, 5) is 8.16. The first-order valence-corrected chi connectivity index (χ1v) is 6.38. The Labute approximate surface area is 117 Å². The highest BCUT2D eigenvalue weighted by Gasteiger charge is 2.12. The second-order valence-electron chi connectivity index (χ2n) is 4.28. The maximum absolute atomic E-state index is 6.08. The predicted molar refractivity (Wildman–Crippen MR) is 76.8 cm³/mol. The Morgan fingerprint density at radius 2 is 2.05 bits per heavy atom. The molecule has 0 amide bonds. The molecule has 19 heavy (non-hydrogen) atoms.